The first-order chi connectivity index (χ1) is 10.3. The van der Waals surface area contributed by atoms with E-state index in [0.29, 0.717) is 24.9 Å². The maximum Gasteiger partial charge on any atom is 0.247 e. The summed E-state index contributed by atoms with van der Waals surface area (Å²) in [7, 11) is 0. The van der Waals surface area contributed by atoms with Crippen molar-refractivity contribution in [3.8, 4) is 11.5 Å². The lowest BCUT2D eigenvalue weighted by Crippen LogP contribution is -2.14. The SMILES string of the molecule is Cc1cccnc1CNCc1nnc(-c2ccccc2)o1. The summed E-state index contributed by atoms with van der Waals surface area (Å²) < 4.78 is 5.63. The molecule has 0 atom stereocenters. The van der Waals surface area contributed by atoms with Crippen LogP contribution in [0.2, 0.25) is 0 Å². The van der Waals surface area contributed by atoms with Gasteiger partial charge in [-0.05, 0) is 30.7 Å². The third kappa shape index (κ3) is 3.32. The van der Waals surface area contributed by atoms with Crippen molar-refractivity contribution in [2.24, 2.45) is 0 Å². The van der Waals surface area contributed by atoms with Gasteiger partial charge < -0.3 is 9.73 Å². The Morgan fingerprint density at radius 1 is 1.00 bits per heavy atom. The Labute approximate surface area is 123 Å². The summed E-state index contributed by atoms with van der Waals surface area (Å²) in [4.78, 5) is 4.33. The van der Waals surface area contributed by atoms with Crippen LogP contribution in [0.25, 0.3) is 11.5 Å². The molecule has 2 heterocycles. The largest absolute Gasteiger partial charge is 0.419 e. The average Bonchev–Trinajstić information content (AvgIpc) is 2.99. The zero-order valence-corrected chi connectivity index (χ0v) is 11.8. The van der Waals surface area contributed by atoms with Gasteiger partial charge >= 0.3 is 0 Å². The quantitative estimate of drug-likeness (QED) is 0.778. The molecule has 3 rings (SSSR count). The van der Waals surface area contributed by atoms with Gasteiger partial charge in [-0.25, -0.2) is 0 Å². The van der Waals surface area contributed by atoms with Crippen LogP contribution in [0.5, 0.6) is 0 Å². The normalized spacial score (nSPS) is 10.7. The second kappa shape index (κ2) is 6.28. The minimum atomic E-state index is 0.524. The number of aryl methyl sites for hydroxylation is 1. The fourth-order valence-electron chi connectivity index (χ4n) is 2.01. The van der Waals surface area contributed by atoms with Crippen molar-refractivity contribution in [1.82, 2.24) is 20.5 Å². The average molecular weight is 280 g/mol. The van der Waals surface area contributed by atoms with Crippen molar-refractivity contribution < 1.29 is 4.42 Å². The summed E-state index contributed by atoms with van der Waals surface area (Å²) in [5, 5.41) is 11.4. The molecule has 0 aliphatic heterocycles. The van der Waals surface area contributed by atoms with Crippen LogP contribution >= 0.6 is 0 Å². The van der Waals surface area contributed by atoms with Crippen LogP contribution in [0.1, 0.15) is 17.1 Å². The van der Waals surface area contributed by atoms with Crippen LogP contribution < -0.4 is 5.32 Å². The topological polar surface area (TPSA) is 63.8 Å². The molecule has 0 unspecified atom stereocenters. The number of pyridine rings is 1. The molecule has 0 fully saturated rings. The van der Waals surface area contributed by atoms with Gasteiger partial charge in [-0.2, -0.15) is 0 Å². The van der Waals surface area contributed by atoms with Crippen molar-refractivity contribution in [2.45, 2.75) is 20.0 Å². The van der Waals surface area contributed by atoms with Gasteiger partial charge in [-0.1, -0.05) is 24.3 Å². The number of hydrogen-bond donors (Lipinski definition) is 1. The molecular weight excluding hydrogens is 264 g/mol. The Balaban J connectivity index is 1.60. The van der Waals surface area contributed by atoms with Gasteiger partial charge in [0.05, 0.1) is 12.2 Å². The molecule has 2 aromatic heterocycles. The molecule has 0 spiro atoms. The van der Waals surface area contributed by atoms with Crippen LogP contribution in [-0.4, -0.2) is 15.2 Å². The van der Waals surface area contributed by atoms with Crippen molar-refractivity contribution in [1.29, 1.82) is 0 Å². The van der Waals surface area contributed by atoms with E-state index in [1.165, 1.54) is 5.56 Å². The Hall–Kier alpha value is -2.53. The van der Waals surface area contributed by atoms with Gasteiger partial charge in [0.2, 0.25) is 11.8 Å². The van der Waals surface area contributed by atoms with Crippen LogP contribution in [-0.2, 0) is 13.1 Å². The first-order valence-electron chi connectivity index (χ1n) is 6.82. The third-order valence-electron chi connectivity index (χ3n) is 3.17. The van der Waals surface area contributed by atoms with Gasteiger partial charge in [-0.15, -0.1) is 10.2 Å². The lowest BCUT2D eigenvalue weighted by atomic mass is 10.2. The highest BCUT2D eigenvalue weighted by atomic mass is 16.4. The molecule has 21 heavy (non-hydrogen) atoms. The zero-order valence-electron chi connectivity index (χ0n) is 11.8. The molecule has 0 aliphatic rings. The molecule has 0 bridgehead atoms. The number of aromatic nitrogens is 3. The molecule has 0 aliphatic carbocycles. The third-order valence-corrected chi connectivity index (χ3v) is 3.17. The molecule has 5 heteroatoms. The molecule has 1 N–H and O–H groups in total. The minimum absolute atomic E-state index is 0.524. The summed E-state index contributed by atoms with van der Waals surface area (Å²) in [5.41, 5.74) is 3.12. The summed E-state index contributed by atoms with van der Waals surface area (Å²) >= 11 is 0. The molecule has 0 saturated heterocycles. The summed E-state index contributed by atoms with van der Waals surface area (Å²) in [6, 6.07) is 13.7. The standard InChI is InChI=1S/C16H16N4O/c1-12-6-5-9-18-14(12)10-17-11-15-19-20-16(21-15)13-7-3-2-4-8-13/h2-9,17H,10-11H2,1H3. The van der Waals surface area contributed by atoms with Gasteiger partial charge in [-0.3, -0.25) is 4.98 Å². The van der Waals surface area contributed by atoms with E-state index in [4.69, 9.17) is 4.42 Å². The van der Waals surface area contributed by atoms with Crippen LogP contribution in [0.4, 0.5) is 0 Å². The molecule has 1 aromatic carbocycles. The number of rotatable bonds is 5. The zero-order chi connectivity index (χ0) is 14.5. The molecule has 0 radical (unpaired) electrons. The predicted molar refractivity (Wildman–Crippen MR) is 79.3 cm³/mol. The second-order valence-corrected chi connectivity index (χ2v) is 4.74. The fraction of sp³-hybridized carbons (Fsp3) is 0.188. The van der Waals surface area contributed by atoms with E-state index in [9.17, 15) is 0 Å². The molecular formula is C16H16N4O. The highest BCUT2D eigenvalue weighted by Gasteiger charge is 2.07. The molecule has 106 valence electrons. The number of nitrogens with one attached hydrogen (secondary N) is 1. The van der Waals surface area contributed by atoms with E-state index < -0.39 is 0 Å². The van der Waals surface area contributed by atoms with Crippen molar-refractivity contribution in [3.63, 3.8) is 0 Å². The summed E-state index contributed by atoms with van der Waals surface area (Å²) in [6.45, 7) is 3.25. The lowest BCUT2D eigenvalue weighted by molar-refractivity contribution is 0.476. The molecule has 0 amide bonds. The Morgan fingerprint density at radius 2 is 1.86 bits per heavy atom. The van der Waals surface area contributed by atoms with Crippen LogP contribution in [0.15, 0.2) is 53.1 Å². The molecule has 5 nitrogen and oxygen atoms in total. The van der Waals surface area contributed by atoms with E-state index >= 15 is 0 Å². The predicted octanol–water partition coefficient (Wildman–Crippen LogP) is 2.73. The molecule has 3 aromatic rings. The van der Waals surface area contributed by atoms with Crippen LogP contribution in [0.3, 0.4) is 0 Å². The van der Waals surface area contributed by atoms with E-state index in [-0.39, 0.29) is 0 Å². The smallest absolute Gasteiger partial charge is 0.247 e. The first-order valence-corrected chi connectivity index (χ1v) is 6.82. The Kier molecular flexibility index (Phi) is 4.02. The molecule has 0 saturated carbocycles. The van der Waals surface area contributed by atoms with Crippen molar-refractivity contribution in [2.75, 3.05) is 0 Å². The van der Waals surface area contributed by atoms with E-state index in [2.05, 4.69) is 20.5 Å². The maximum atomic E-state index is 5.63. The number of nitrogens with zero attached hydrogens (tertiary/aromatic N) is 3. The van der Waals surface area contributed by atoms with E-state index in [1.807, 2.05) is 49.4 Å². The minimum Gasteiger partial charge on any atom is -0.419 e. The highest BCUT2D eigenvalue weighted by molar-refractivity contribution is 5.51. The van der Waals surface area contributed by atoms with Gasteiger partial charge in [0.15, 0.2) is 0 Å². The van der Waals surface area contributed by atoms with Gasteiger partial charge in [0, 0.05) is 18.3 Å². The number of hydrogen-bond acceptors (Lipinski definition) is 5. The van der Waals surface area contributed by atoms with Gasteiger partial charge in [0.1, 0.15) is 0 Å². The maximum absolute atomic E-state index is 5.63. The Bertz CT molecular complexity index is 709. The van der Waals surface area contributed by atoms with Crippen molar-refractivity contribution >= 4 is 0 Å². The summed E-state index contributed by atoms with van der Waals surface area (Å²) in [6.07, 6.45) is 1.80. The summed E-state index contributed by atoms with van der Waals surface area (Å²) in [5.74, 6) is 1.11. The van der Waals surface area contributed by atoms with Crippen LogP contribution in [0, 0.1) is 6.92 Å². The highest BCUT2D eigenvalue weighted by Crippen LogP contribution is 2.16. The first kappa shape index (κ1) is 13.5. The second-order valence-electron chi connectivity index (χ2n) is 4.74. The number of benzene rings is 1. The van der Waals surface area contributed by atoms with E-state index in [0.717, 1.165) is 11.3 Å². The van der Waals surface area contributed by atoms with Crippen molar-refractivity contribution in [3.05, 3.63) is 65.8 Å². The van der Waals surface area contributed by atoms with E-state index in [1.54, 1.807) is 6.20 Å². The monoisotopic (exact) mass is 280 g/mol. The lowest BCUT2D eigenvalue weighted by Gasteiger charge is -2.04. The van der Waals surface area contributed by atoms with Gasteiger partial charge in [0.25, 0.3) is 0 Å². The fourth-order valence-corrected chi connectivity index (χ4v) is 2.01. The Morgan fingerprint density at radius 3 is 2.67 bits per heavy atom.